The van der Waals surface area contributed by atoms with Gasteiger partial charge in [0.2, 0.25) is 0 Å². The second-order valence-electron chi connectivity index (χ2n) is 6.31. The molecule has 0 fully saturated rings. The van der Waals surface area contributed by atoms with Crippen LogP contribution < -0.4 is 0 Å². The van der Waals surface area contributed by atoms with Crippen molar-refractivity contribution in [2.24, 2.45) is 5.10 Å². The molecule has 1 aliphatic rings. The Morgan fingerprint density at radius 1 is 1.33 bits per heavy atom. The molecule has 2 aromatic rings. The first kappa shape index (κ1) is 19.5. The van der Waals surface area contributed by atoms with Crippen LogP contribution in [0.4, 0.5) is 13.2 Å². The number of rotatable bonds is 3. The van der Waals surface area contributed by atoms with Crippen LogP contribution in [0.3, 0.4) is 0 Å². The third-order valence-corrected chi connectivity index (χ3v) is 5.35. The van der Waals surface area contributed by atoms with Gasteiger partial charge < -0.3 is 5.11 Å². The van der Waals surface area contributed by atoms with Crippen LogP contribution in [0.5, 0.6) is 0 Å². The second-order valence-corrected chi connectivity index (χ2v) is 7.10. The highest BCUT2D eigenvalue weighted by Gasteiger charge is 2.63. The average Bonchev–Trinajstić information content (AvgIpc) is 3.21. The Morgan fingerprint density at radius 2 is 2.00 bits per heavy atom. The minimum Gasteiger partial charge on any atom is -0.362 e. The maximum absolute atomic E-state index is 13.3. The van der Waals surface area contributed by atoms with Gasteiger partial charge in [-0.2, -0.15) is 33.5 Å². The van der Waals surface area contributed by atoms with Gasteiger partial charge in [-0.15, -0.1) is 0 Å². The molecule has 0 bridgehead atoms. The molecule has 3 heterocycles. The van der Waals surface area contributed by atoms with E-state index in [-0.39, 0.29) is 23.1 Å². The van der Waals surface area contributed by atoms with E-state index < -0.39 is 24.2 Å². The summed E-state index contributed by atoms with van der Waals surface area (Å²) in [4.78, 5) is 12.5. The number of aliphatic hydroxyl groups is 1. The van der Waals surface area contributed by atoms with Crippen molar-refractivity contribution in [1.29, 1.82) is 0 Å². The molecule has 0 aromatic carbocycles. The van der Waals surface area contributed by atoms with Gasteiger partial charge in [-0.05, 0) is 42.8 Å². The van der Waals surface area contributed by atoms with Crippen molar-refractivity contribution in [3.8, 4) is 0 Å². The summed E-state index contributed by atoms with van der Waals surface area (Å²) in [6.07, 6.45) is -4.41. The summed E-state index contributed by atoms with van der Waals surface area (Å²) in [5.74, 6) is -1.14. The first-order valence-electron chi connectivity index (χ1n) is 7.85. The van der Waals surface area contributed by atoms with E-state index in [1.54, 1.807) is 4.68 Å². The third-order valence-electron chi connectivity index (χ3n) is 4.20. The van der Waals surface area contributed by atoms with Crippen LogP contribution in [0.25, 0.3) is 0 Å². The SMILES string of the molecule is CC1=NN(C(=O)c2ccn(Cn3nc(C)c(Br)c3C)n2)[C@](O)(C(F)(F)F)C1. The standard InChI is InChI=1S/C15H16BrF3N6O2/c1-8-6-14(27,15(17,18)19)25(20-8)13(26)11-4-5-23(22-11)7-24-10(3)12(16)9(2)21-24/h4-5,27H,6-7H2,1-3H3/t14-/m1/s1. The molecular weight excluding hydrogens is 433 g/mol. The van der Waals surface area contributed by atoms with E-state index in [4.69, 9.17) is 0 Å². The lowest BCUT2D eigenvalue weighted by molar-refractivity contribution is -0.297. The minimum absolute atomic E-state index is 0.00454. The van der Waals surface area contributed by atoms with Gasteiger partial charge in [0.25, 0.3) is 11.6 Å². The van der Waals surface area contributed by atoms with Gasteiger partial charge in [0.05, 0.1) is 15.9 Å². The molecular formula is C15H16BrF3N6O2. The topological polar surface area (TPSA) is 88.5 Å². The number of hydrogen-bond acceptors (Lipinski definition) is 5. The molecule has 27 heavy (non-hydrogen) atoms. The lowest BCUT2D eigenvalue weighted by Crippen LogP contribution is -2.56. The molecule has 0 saturated carbocycles. The molecule has 8 nitrogen and oxygen atoms in total. The molecule has 0 radical (unpaired) electrons. The third kappa shape index (κ3) is 3.27. The molecule has 0 saturated heterocycles. The molecule has 0 spiro atoms. The molecule has 1 amide bonds. The van der Waals surface area contributed by atoms with Crippen molar-refractivity contribution in [3.05, 3.63) is 33.8 Å². The highest BCUT2D eigenvalue weighted by atomic mass is 79.9. The largest absolute Gasteiger partial charge is 0.438 e. The van der Waals surface area contributed by atoms with E-state index in [1.807, 2.05) is 13.8 Å². The predicted octanol–water partition coefficient (Wildman–Crippen LogP) is 2.44. The smallest absolute Gasteiger partial charge is 0.362 e. The van der Waals surface area contributed by atoms with Crippen LogP contribution in [-0.2, 0) is 6.67 Å². The number of nitrogens with zero attached hydrogens (tertiary/aromatic N) is 6. The van der Waals surface area contributed by atoms with Crippen LogP contribution in [0.1, 0.15) is 35.2 Å². The van der Waals surface area contributed by atoms with Crippen molar-refractivity contribution in [2.75, 3.05) is 0 Å². The second kappa shape index (κ2) is 6.44. The van der Waals surface area contributed by atoms with Gasteiger partial charge in [0.1, 0.15) is 6.67 Å². The maximum Gasteiger partial charge on any atom is 0.438 e. The zero-order valence-electron chi connectivity index (χ0n) is 14.6. The van der Waals surface area contributed by atoms with Crippen LogP contribution in [-0.4, -0.2) is 53.2 Å². The Morgan fingerprint density at radius 3 is 2.56 bits per heavy atom. The summed E-state index contributed by atoms with van der Waals surface area (Å²) in [5, 5.41) is 21.9. The molecule has 1 N–H and O–H groups in total. The van der Waals surface area contributed by atoms with Gasteiger partial charge in [-0.3, -0.25) is 9.48 Å². The van der Waals surface area contributed by atoms with Crippen molar-refractivity contribution in [1.82, 2.24) is 24.6 Å². The number of aryl methyl sites for hydroxylation is 1. The number of halogens is 4. The van der Waals surface area contributed by atoms with Gasteiger partial charge in [-0.1, -0.05) is 0 Å². The van der Waals surface area contributed by atoms with E-state index in [0.29, 0.717) is 0 Å². The molecule has 3 rings (SSSR count). The highest BCUT2D eigenvalue weighted by molar-refractivity contribution is 9.10. The molecule has 2 aromatic heterocycles. The van der Waals surface area contributed by atoms with Crippen LogP contribution in [0.2, 0.25) is 0 Å². The average molecular weight is 449 g/mol. The maximum atomic E-state index is 13.3. The van der Waals surface area contributed by atoms with E-state index in [2.05, 4.69) is 31.2 Å². The lowest BCUT2D eigenvalue weighted by Gasteiger charge is -2.32. The van der Waals surface area contributed by atoms with Crippen LogP contribution >= 0.6 is 15.9 Å². The molecule has 12 heteroatoms. The van der Waals surface area contributed by atoms with Crippen LogP contribution in [0.15, 0.2) is 21.8 Å². The first-order valence-corrected chi connectivity index (χ1v) is 8.64. The van der Waals surface area contributed by atoms with Gasteiger partial charge in [0, 0.05) is 18.3 Å². The van der Waals surface area contributed by atoms with Crippen molar-refractivity contribution in [3.63, 3.8) is 0 Å². The first-order chi connectivity index (χ1) is 12.4. The normalized spacial score (nSPS) is 20.3. The number of carbonyl (C=O) groups excluding carboxylic acids is 1. The Bertz CT molecular complexity index is 935. The number of hydrogen-bond donors (Lipinski definition) is 1. The Kier molecular flexibility index (Phi) is 4.67. The van der Waals surface area contributed by atoms with Crippen molar-refractivity contribution in [2.45, 2.75) is 45.8 Å². The molecule has 0 unspecified atom stereocenters. The summed E-state index contributed by atoms with van der Waals surface area (Å²) in [5.41, 5.74) is -2.04. The van der Waals surface area contributed by atoms with E-state index in [0.717, 1.165) is 15.9 Å². The van der Waals surface area contributed by atoms with E-state index >= 15 is 0 Å². The highest BCUT2D eigenvalue weighted by Crippen LogP contribution is 2.40. The Labute approximate surface area is 160 Å². The Balaban J connectivity index is 1.85. The fraction of sp³-hybridized carbons (Fsp3) is 0.467. The summed E-state index contributed by atoms with van der Waals surface area (Å²) < 4.78 is 43.6. The monoisotopic (exact) mass is 448 g/mol. The summed E-state index contributed by atoms with van der Waals surface area (Å²) in [6, 6.07) is 1.27. The molecule has 0 aliphatic carbocycles. The molecule has 1 atom stereocenters. The fourth-order valence-electron chi connectivity index (χ4n) is 2.77. The zero-order chi connectivity index (χ0) is 20.1. The van der Waals surface area contributed by atoms with Gasteiger partial charge in [-0.25, -0.2) is 4.68 Å². The van der Waals surface area contributed by atoms with Crippen molar-refractivity contribution < 1.29 is 23.1 Å². The van der Waals surface area contributed by atoms with E-state index in [9.17, 15) is 23.1 Å². The summed E-state index contributed by atoms with van der Waals surface area (Å²) in [7, 11) is 0. The van der Waals surface area contributed by atoms with E-state index in [1.165, 1.54) is 23.9 Å². The molecule has 1 aliphatic heterocycles. The fourth-order valence-corrected chi connectivity index (χ4v) is 3.05. The Hall–Kier alpha value is -2.21. The number of carbonyl (C=O) groups is 1. The quantitative estimate of drug-likeness (QED) is 0.780. The summed E-state index contributed by atoms with van der Waals surface area (Å²) >= 11 is 3.40. The molecule has 146 valence electrons. The zero-order valence-corrected chi connectivity index (χ0v) is 16.2. The van der Waals surface area contributed by atoms with Crippen molar-refractivity contribution >= 4 is 27.5 Å². The predicted molar refractivity (Wildman–Crippen MR) is 91.9 cm³/mol. The minimum atomic E-state index is -5.05. The van der Waals surface area contributed by atoms with Gasteiger partial charge >= 0.3 is 6.18 Å². The van der Waals surface area contributed by atoms with Crippen LogP contribution in [0, 0.1) is 13.8 Å². The summed E-state index contributed by atoms with van der Waals surface area (Å²) in [6.45, 7) is 5.13. The number of amides is 1. The lowest BCUT2D eigenvalue weighted by atomic mass is 10.1. The number of aromatic nitrogens is 4. The van der Waals surface area contributed by atoms with Gasteiger partial charge in [0.15, 0.2) is 5.69 Å². The number of hydrazone groups is 1. The number of alkyl halides is 3.